The summed E-state index contributed by atoms with van der Waals surface area (Å²) < 4.78 is 5.77. The Kier molecular flexibility index (Phi) is 6.91. The molecule has 0 saturated carbocycles. The molecule has 0 aliphatic carbocycles. The Morgan fingerprint density at radius 1 is 1.09 bits per heavy atom. The molecule has 0 radical (unpaired) electrons. The van der Waals surface area contributed by atoms with Gasteiger partial charge in [-0.25, -0.2) is 0 Å². The summed E-state index contributed by atoms with van der Waals surface area (Å²) in [6.07, 6.45) is 1.15. The summed E-state index contributed by atoms with van der Waals surface area (Å²) >= 11 is 6.09. The van der Waals surface area contributed by atoms with Crippen molar-refractivity contribution in [2.45, 2.75) is 26.0 Å². The van der Waals surface area contributed by atoms with Crippen LogP contribution in [0.5, 0.6) is 5.75 Å². The van der Waals surface area contributed by atoms with Gasteiger partial charge < -0.3 is 15.8 Å². The number of ether oxygens (including phenoxy) is 1. The number of para-hydroxylation sites is 1. The maximum Gasteiger partial charge on any atom is 0.220 e. The molecule has 23 heavy (non-hydrogen) atoms. The van der Waals surface area contributed by atoms with Gasteiger partial charge in [-0.3, -0.25) is 4.79 Å². The molecule has 0 aliphatic rings. The van der Waals surface area contributed by atoms with Crippen molar-refractivity contribution < 1.29 is 9.53 Å². The highest BCUT2D eigenvalue weighted by molar-refractivity contribution is 6.32. The van der Waals surface area contributed by atoms with Gasteiger partial charge in [0.25, 0.3) is 0 Å². The van der Waals surface area contributed by atoms with Crippen molar-refractivity contribution in [3.05, 3.63) is 64.7 Å². The molecule has 2 aromatic rings. The van der Waals surface area contributed by atoms with Crippen LogP contribution in [0.15, 0.2) is 48.5 Å². The highest BCUT2D eigenvalue weighted by Gasteiger charge is 2.06. The number of carbonyl (C=O) groups is 1. The lowest BCUT2D eigenvalue weighted by atomic mass is 10.1. The zero-order chi connectivity index (χ0) is 16.5. The minimum atomic E-state index is 0.0114. The molecule has 2 aromatic carbocycles. The minimum Gasteiger partial charge on any atom is -0.487 e. The molecule has 0 fully saturated rings. The fraction of sp³-hybridized carbons (Fsp3) is 0.278. The van der Waals surface area contributed by atoms with Gasteiger partial charge in [-0.2, -0.15) is 0 Å². The van der Waals surface area contributed by atoms with Crippen LogP contribution in [0.1, 0.15) is 24.0 Å². The topological polar surface area (TPSA) is 64.4 Å². The Hall–Kier alpha value is -2.04. The second-order valence-electron chi connectivity index (χ2n) is 5.16. The number of hydrogen-bond donors (Lipinski definition) is 2. The van der Waals surface area contributed by atoms with Gasteiger partial charge in [0.2, 0.25) is 5.91 Å². The maximum absolute atomic E-state index is 11.7. The van der Waals surface area contributed by atoms with Gasteiger partial charge in [-0.1, -0.05) is 48.0 Å². The fourth-order valence-electron chi connectivity index (χ4n) is 2.13. The first-order valence-corrected chi connectivity index (χ1v) is 7.99. The van der Waals surface area contributed by atoms with E-state index in [0.29, 0.717) is 43.3 Å². The van der Waals surface area contributed by atoms with E-state index in [4.69, 9.17) is 22.1 Å². The number of rotatable bonds is 8. The molecule has 0 heterocycles. The predicted octanol–water partition coefficient (Wildman–Crippen LogP) is 3.27. The quantitative estimate of drug-likeness (QED) is 0.779. The number of nitrogens with one attached hydrogen (secondary N) is 1. The number of halogens is 1. The van der Waals surface area contributed by atoms with Crippen molar-refractivity contribution in [2.75, 3.05) is 6.54 Å². The average Bonchev–Trinajstić information content (AvgIpc) is 2.58. The summed E-state index contributed by atoms with van der Waals surface area (Å²) in [6, 6.07) is 15.2. The first-order valence-electron chi connectivity index (χ1n) is 7.61. The molecule has 0 unspecified atom stereocenters. The summed E-state index contributed by atoms with van der Waals surface area (Å²) in [7, 11) is 0. The van der Waals surface area contributed by atoms with Crippen LogP contribution in [0.3, 0.4) is 0 Å². The van der Waals surface area contributed by atoms with Crippen molar-refractivity contribution in [3.8, 4) is 5.75 Å². The molecule has 3 N–H and O–H groups in total. The van der Waals surface area contributed by atoms with Crippen LogP contribution < -0.4 is 15.8 Å². The zero-order valence-electron chi connectivity index (χ0n) is 12.9. The van der Waals surface area contributed by atoms with E-state index in [2.05, 4.69) is 5.32 Å². The van der Waals surface area contributed by atoms with Gasteiger partial charge in [0, 0.05) is 13.0 Å². The number of benzene rings is 2. The number of nitrogens with two attached hydrogens (primary N) is 1. The van der Waals surface area contributed by atoms with E-state index in [1.54, 1.807) is 6.07 Å². The Morgan fingerprint density at radius 2 is 1.78 bits per heavy atom. The van der Waals surface area contributed by atoms with Gasteiger partial charge in [-0.15, -0.1) is 0 Å². The van der Waals surface area contributed by atoms with E-state index in [1.807, 2.05) is 42.5 Å². The van der Waals surface area contributed by atoms with Crippen molar-refractivity contribution in [1.82, 2.24) is 5.32 Å². The minimum absolute atomic E-state index is 0.0114. The Morgan fingerprint density at radius 3 is 2.52 bits per heavy atom. The van der Waals surface area contributed by atoms with E-state index >= 15 is 0 Å². The fourth-order valence-corrected chi connectivity index (χ4v) is 2.32. The summed E-state index contributed by atoms with van der Waals surface area (Å²) in [5.74, 6) is 0.660. The first-order chi connectivity index (χ1) is 11.2. The molecule has 0 saturated heterocycles. The highest BCUT2D eigenvalue weighted by Crippen LogP contribution is 2.24. The number of amides is 1. The van der Waals surface area contributed by atoms with Crippen molar-refractivity contribution in [3.63, 3.8) is 0 Å². The van der Waals surface area contributed by atoms with Crippen LogP contribution in [0.2, 0.25) is 5.02 Å². The third-order valence-corrected chi connectivity index (χ3v) is 3.73. The van der Waals surface area contributed by atoms with E-state index < -0.39 is 0 Å². The molecule has 2 rings (SSSR count). The van der Waals surface area contributed by atoms with Gasteiger partial charge in [0.15, 0.2) is 0 Å². The van der Waals surface area contributed by atoms with Gasteiger partial charge in [-0.05, 0) is 36.2 Å². The smallest absolute Gasteiger partial charge is 0.220 e. The molecular weight excluding hydrogens is 312 g/mol. The van der Waals surface area contributed by atoms with Crippen LogP contribution in [0.4, 0.5) is 0 Å². The third kappa shape index (κ3) is 5.58. The highest BCUT2D eigenvalue weighted by atomic mass is 35.5. The zero-order valence-corrected chi connectivity index (χ0v) is 13.7. The van der Waals surface area contributed by atoms with Crippen LogP contribution in [-0.4, -0.2) is 12.5 Å². The molecule has 0 aromatic heterocycles. The molecule has 122 valence electrons. The maximum atomic E-state index is 11.7. The van der Waals surface area contributed by atoms with E-state index in [-0.39, 0.29) is 5.91 Å². The lowest BCUT2D eigenvalue weighted by Crippen LogP contribution is -2.24. The van der Waals surface area contributed by atoms with Gasteiger partial charge >= 0.3 is 0 Å². The summed E-state index contributed by atoms with van der Waals surface area (Å²) in [4.78, 5) is 11.7. The predicted molar refractivity (Wildman–Crippen MR) is 92.4 cm³/mol. The molecule has 5 heteroatoms. The molecule has 0 bridgehead atoms. The van der Waals surface area contributed by atoms with Crippen molar-refractivity contribution in [1.29, 1.82) is 0 Å². The van der Waals surface area contributed by atoms with E-state index in [9.17, 15) is 4.79 Å². The molecular formula is C18H21ClN2O2. The average molecular weight is 333 g/mol. The lowest BCUT2D eigenvalue weighted by molar-refractivity contribution is -0.121. The van der Waals surface area contributed by atoms with E-state index in [1.165, 1.54) is 0 Å². The molecule has 0 atom stereocenters. The SMILES string of the molecule is NCCCC(=O)NCc1ccccc1COc1ccccc1Cl. The second-order valence-corrected chi connectivity index (χ2v) is 5.56. The van der Waals surface area contributed by atoms with Gasteiger partial charge in [0.1, 0.15) is 12.4 Å². The Labute approximate surface area is 141 Å². The van der Waals surface area contributed by atoms with Crippen molar-refractivity contribution >= 4 is 17.5 Å². The normalized spacial score (nSPS) is 10.3. The first kappa shape index (κ1) is 17.3. The van der Waals surface area contributed by atoms with Crippen molar-refractivity contribution in [2.24, 2.45) is 5.73 Å². The number of carbonyl (C=O) groups excluding carboxylic acids is 1. The Bertz CT molecular complexity index is 646. The van der Waals surface area contributed by atoms with Gasteiger partial charge in [0.05, 0.1) is 5.02 Å². The van der Waals surface area contributed by atoms with Crippen LogP contribution >= 0.6 is 11.6 Å². The molecule has 0 spiro atoms. The summed E-state index contributed by atoms with van der Waals surface area (Å²) in [6.45, 7) is 1.40. The monoisotopic (exact) mass is 332 g/mol. The summed E-state index contributed by atoms with van der Waals surface area (Å²) in [5, 5.41) is 3.49. The largest absolute Gasteiger partial charge is 0.487 e. The second kappa shape index (κ2) is 9.18. The standard InChI is InChI=1S/C18H21ClN2O2/c19-16-8-3-4-9-17(16)23-13-15-7-2-1-6-14(15)12-21-18(22)10-5-11-20/h1-4,6-9H,5,10-13,20H2,(H,21,22). The van der Waals surface area contributed by atoms with Crippen LogP contribution in [0.25, 0.3) is 0 Å². The number of hydrogen-bond acceptors (Lipinski definition) is 3. The molecule has 1 amide bonds. The molecule has 4 nitrogen and oxygen atoms in total. The summed E-state index contributed by atoms with van der Waals surface area (Å²) in [5.41, 5.74) is 7.46. The molecule has 0 aliphatic heterocycles. The lowest BCUT2D eigenvalue weighted by Gasteiger charge is -2.12. The van der Waals surface area contributed by atoms with Crippen LogP contribution in [-0.2, 0) is 17.9 Å². The van der Waals surface area contributed by atoms with E-state index in [0.717, 1.165) is 11.1 Å². The Balaban J connectivity index is 1.95. The third-order valence-electron chi connectivity index (χ3n) is 3.42. The van der Waals surface area contributed by atoms with Crippen LogP contribution in [0, 0.1) is 0 Å².